The number of carbonyl (C=O) groups is 2. The van der Waals surface area contributed by atoms with Gasteiger partial charge in [0.2, 0.25) is 5.91 Å². The molecule has 0 bridgehead atoms. The SMILES string of the molecule is O=C1NCC(c2ccccc2)C1C(=O)NN=Cc1cc(I)ccc1O. The van der Waals surface area contributed by atoms with Gasteiger partial charge >= 0.3 is 0 Å². The van der Waals surface area contributed by atoms with Gasteiger partial charge in [-0.05, 0) is 46.4 Å². The van der Waals surface area contributed by atoms with Gasteiger partial charge in [-0.1, -0.05) is 30.3 Å². The molecule has 1 aliphatic rings. The normalized spacial score (nSPS) is 19.8. The van der Waals surface area contributed by atoms with Gasteiger partial charge in [-0.2, -0.15) is 5.10 Å². The van der Waals surface area contributed by atoms with E-state index in [1.165, 1.54) is 6.21 Å². The van der Waals surface area contributed by atoms with Crippen LogP contribution in [0, 0.1) is 9.49 Å². The second-order valence-electron chi connectivity index (χ2n) is 5.68. The minimum Gasteiger partial charge on any atom is -0.507 e. The van der Waals surface area contributed by atoms with Gasteiger partial charge < -0.3 is 10.4 Å². The van der Waals surface area contributed by atoms with Crippen LogP contribution in [0.4, 0.5) is 0 Å². The van der Waals surface area contributed by atoms with Gasteiger partial charge in [0.05, 0.1) is 6.21 Å². The third-order valence-corrected chi connectivity index (χ3v) is 4.73. The molecule has 1 aliphatic heterocycles. The number of aromatic hydroxyl groups is 1. The number of phenols is 1. The summed E-state index contributed by atoms with van der Waals surface area (Å²) in [6, 6.07) is 14.5. The number of halogens is 1. The number of hydrogen-bond acceptors (Lipinski definition) is 4. The second-order valence-corrected chi connectivity index (χ2v) is 6.92. The third kappa shape index (κ3) is 3.98. The summed E-state index contributed by atoms with van der Waals surface area (Å²) in [4.78, 5) is 24.5. The summed E-state index contributed by atoms with van der Waals surface area (Å²) in [5.41, 5.74) is 3.83. The summed E-state index contributed by atoms with van der Waals surface area (Å²) >= 11 is 2.12. The zero-order chi connectivity index (χ0) is 17.8. The number of hydrogen-bond donors (Lipinski definition) is 3. The molecule has 3 rings (SSSR count). The molecule has 0 aliphatic carbocycles. The topological polar surface area (TPSA) is 90.8 Å². The Labute approximate surface area is 158 Å². The molecule has 2 atom stereocenters. The number of nitrogens with one attached hydrogen (secondary N) is 2. The molecule has 0 spiro atoms. The van der Waals surface area contributed by atoms with Crippen LogP contribution in [0.3, 0.4) is 0 Å². The van der Waals surface area contributed by atoms with Crippen molar-refractivity contribution in [2.75, 3.05) is 6.54 Å². The summed E-state index contributed by atoms with van der Waals surface area (Å²) < 4.78 is 0.933. The fourth-order valence-corrected chi connectivity index (χ4v) is 3.31. The number of hydrazone groups is 1. The summed E-state index contributed by atoms with van der Waals surface area (Å²) in [6.07, 6.45) is 1.36. The van der Waals surface area contributed by atoms with Gasteiger partial charge in [0.1, 0.15) is 11.7 Å². The first kappa shape index (κ1) is 17.4. The molecule has 0 aromatic heterocycles. The van der Waals surface area contributed by atoms with E-state index in [4.69, 9.17) is 0 Å². The maximum Gasteiger partial charge on any atom is 0.253 e. The standard InChI is InChI=1S/C18H16IN3O3/c19-13-6-7-15(23)12(8-13)9-21-22-18(25)16-14(10-20-17(16)24)11-4-2-1-3-5-11/h1-9,14,16,23H,10H2,(H,20,24)(H,22,25). The molecule has 2 unspecified atom stereocenters. The smallest absolute Gasteiger partial charge is 0.253 e. The Balaban J connectivity index is 1.72. The van der Waals surface area contributed by atoms with E-state index in [1.54, 1.807) is 18.2 Å². The molecule has 25 heavy (non-hydrogen) atoms. The van der Waals surface area contributed by atoms with E-state index in [1.807, 2.05) is 30.3 Å². The van der Waals surface area contributed by atoms with Gasteiger partial charge in [-0.3, -0.25) is 9.59 Å². The molecule has 0 saturated carbocycles. The van der Waals surface area contributed by atoms with Gasteiger partial charge in [0, 0.05) is 21.6 Å². The van der Waals surface area contributed by atoms with Crippen LogP contribution in [0.15, 0.2) is 53.6 Å². The van der Waals surface area contributed by atoms with E-state index in [2.05, 4.69) is 38.4 Å². The Morgan fingerprint density at radius 2 is 2.04 bits per heavy atom. The van der Waals surface area contributed by atoms with E-state index in [0.717, 1.165) is 9.13 Å². The predicted octanol–water partition coefficient (Wildman–Crippen LogP) is 1.98. The minimum atomic E-state index is -0.830. The van der Waals surface area contributed by atoms with Crippen LogP contribution in [-0.2, 0) is 9.59 Å². The molecule has 3 N–H and O–H groups in total. The Morgan fingerprint density at radius 1 is 1.28 bits per heavy atom. The maximum atomic E-state index is 12.4. The quantitative estimate of drug-likeness (QED) is 0.289. The van der Waals surface area contributed by atoms with E-state index >= 15 is 0 Å². The van der Waals surface area contributed by atoms with Gasteiger partial charge in [0.25, 0.3) is 5.91 Å². The van der Waals surface area contributed by atoms with Crippen LogP contribution in [0.5, 0.6) is 5.75 Å². The summed E-state index contributed by atoms with van der Waals surface area (Å²) in [5.74, 6) is -1.76. The number of benzene rings is 2. The van der Waals surface area contributed by atoms with Crippen molar-refractivity contribution in [2.45, 2.75) is 5.92 Å². The summed E-state index contributed by atoms with van der Waals surface area (Å²) in [6.45, 7) is 0.419. The average molecular weight is 449 g/mol. The molecule has 2 aromatic rings. The highest BCUT2D eigenvalue weighted by Crippen LogP contribution is 2.29. The van der Waals surface area contributed by atoms with Gasteiger partial charge in [-0.25, -0.2) is 5.43 Å². The average Bonchev–Trinajstić information content (AvgIpc) is 3.00. The Bertz CT molecular complexity index is 824. The van der Waals surface area contributed by atoms with E-state index in [-0.39, 0.29) is 17.6 Å². The van der Waals surface area contributed by atoms with Crippen LogP contribution in [0.1, 0.15) is 17.0 Å². The predicted molar refractivity (Wildman–Crippen MR) is 102 cm³/mol. The van der Waals surface area contributed by atoms with Crippen LogP contribution in [0.2, 0.25) is 0 Å². The third-order valence-electron chi connectivity index (χ3n) is 4.06. The monoisotopic (exact) mass is 449 g/mol. The Hall–Kier alpha value is -2.42. The highest BCUT2D eigenvalue weighted by molar-refractivity contribution is 14.1. The lowest BCUT2D eigenvalue weighted by atomic mass is 9.88. The van der Waals surface area contributed by atoms with E-state index < -0.39 is 11.8 Å². The summed E-state index contributed by atoms with van der Waals surface area (Å²) in [5, 5.41) is 16.4. The van der Waals surface area contributed by atoms with Crippen molar-refractivity contribution in [3.05, 3.63) is 63.2 Å². The van der Waals surface area contributed by atoms with Crippen molar-refractivity contribution < 1.29 is 14.7 Å². The number of nitrogens with zero attached hydrogens (tertiary/aromatic N) is 1. The minimum absolute atomic E-state index is 0.0687. The van der Waals surface area contributed by atoms with Crippen LogP contribution in [0.25, 0.3) is 0 Å². The molecule has 2 amide bonds. The number of amides is 2. The number of carbonyl (C=O) groups excluding carboxylic acids is 2. The van der Waals surface area contributed by atoms with Crippen LogP contribution < -0.4 is 10.7 Å². The van der Waals surface area contributed by atoms with Crippen LogP contribution in [-0.4, -0.2) is 29.7 Å². The van der Waals surface area contributed by atoms with Crippen molar-refractivity contribution in [3.63, 3.8) is 0 Å². The van der Waals surface area contributed by atoms with Crippen molar-refractivity contribution in [3.8, 4) is 5.75 Å². The molecular weight excluding hydrogens is 433 g/mol. The fourth-order valence-electron chi connectivity index (χ4n) is 2.80. The maximum absolute atomic E-state index is 12.4. The largest absolute Gasteiger partial charge is 0.507 e. The molecule has 1 heterocycles. The molecule has 0 radical (unpaired) electrons. The van der Waals surface area contributed by atoms with Gasteiger partial charge in [-0.15, -0.1) is 0 Å². The van der Waals surface area contributed by atoms with Crippen molar-refractivity contribution in [1.29, 1.82) is 0 Å². The Morgan fingerprint density at radius 3 is 2.80 bits per heavy atom. The first-order chi connectivity index (χ1) is 12.1. The van der Waals surface area contributed by atoms with Crippen molar-refractivity contribution >= 4 is 40.6 Å². The molecular formula is C18H16IN3O3. The highest BCUT2D eigenvalue weighted by Gasteiger charge is 2.40. The van der Waals surface area contributed by atoms with E-state index in [9.17, 15) is 14.7 Å². The molecule has 1 saturated heterocycles. The molecule has 1 fully saturated rings. The summed E-state index contributed by atoms with van der Waals surface area (Å²) in [7, 11) is 0. The molecule has 6 nitrogen and oxygen atoms in total. The molecule has 128 valence electrons. The number of phenolic OH excluding ortho intramolecular Hbond substituents is 1. The highest BCUT2D eigenvalue weighted by atomic mass is 127. The fraction of sp³-hybridized carbons (Fsp3) is 0.167. The zero-order valence-electron chi connectivity index (χ0n) is 13.1. The Kier molecular flexibility index (Phi) is 5.32. The zero-order valence-corrected chi connectivity index (χ0v) is 15.3. The van der Waals surface area contributed by atoms with Crippen LogP contribution >= 0.6 is 22.6 Å². The molecule has 2 aromatic carbocycles. The second kappa shape index (κ2) is 7.64. The lowest BCUT2D eigenvalue weighted by Crippen LogP contribution is -2.34. The van der Waals surface area contributed by atoms with Crippen molar-refractivity contribution in [1.82, 2.24) is 10.7 Å². The molecule has 7 heteroatoms. The lowest BCUT2D eigenvalue weighted by molar-refractivity contribution is -0.133. The first-order valence-corrected chi connectivity index (χ1v) is 8.78. The lowest BCUT2D eigenvalue weighted by Gasteiger charge is -2.15. The van der Waals surface area contributed by atoms with Gasteiger partial charge in [0.15, 0.2) is 0 Å². The number of rotatable bonds is 4. The first-order valence-electron chi connectivity index (χ1n) is 7.70. The van der Waals surface area contributed by atoms with Crippen molar-refractivity contribution in [2.24, 2.45) is 11.0 Å². The van der Waals surface area contributed by atoms with E-state index in [0.29, 0.717) is 12.1 Å².